The van der Waals surface area contributed by atoms with Crippen molar-refractivity contribution >= 4 is 94.9 Å². The number of guanidine groups is 1. The Morgan fingerprint density at radius 3 is 1.32 bits per heavy atom. The normalized spacial score (nSPS) is 14.7. The molecule has 22 N–H and O–H groups in total. The maximum atomic E-state index is 14.1. The molecule has 1 aromatic rings. The van der Waals surface area contributed by atoms with Gasteiger partial charge in [0.1, 0.15) is 60.4 Å². The van der Waals surface area contributed by atoms with Crippen LogP contribution >= 0.6 is 0 Å². The number of carboxylic acids is 5. The Balaban J connectivity index is 3.50. The molecule has 0 aliphatic carbocycles. The van der Waals surface area contributed by atoms with Crippen molar-refractivity contribution in [1.29, 1.82) is 0 Å². The molecule has 0 unspecified atom stereocenters. The monoisotopic (exact) mass is 1290 g/mol. The van der Waals surface area contributed by atoms with Gasteiger partial charge in [-0.2, -0.15) is 0 Å². The minimum Gasteiger partial charge on any atom is -0.481 e. The smallest absolute Gasteiger partial charge is 0.326 e. The van der Waals surface area contributed by atoms with Crippen LogP contribution in [0.3, 0.4) is 0 Å². The van der Waals surface area contributed by atoms with Gasteiger partial charge in [0.15, 0.2) is 5.96 Å². The third-order valence-electron chi connectivity index (χ3n) is 13.3. The number of carboxylic acid groups (broad SMARTS) is 5. The van der Waals surface area contributed by atoms with Crippen molar-refractivity contribution in [2.45, 2.75) is 186 Å². The number of aliphatic hydroxyl groups excluding tert-OH is 1. The number of carbonyl (C=O) groups is 15. The molecule has 91 heavy (non-hydrogen) atoms. The summed E-state index contributed by atoms with van der Waals surface area (Å²) in [6, 6.07) is -9.86. The van der Waals surface area contributed by atoms with Crippen LogP contribution in [0.5, 0.6) is 0 Å². The summed E-state index contributed by atoms with van der Waals surface area (Å²) in [6.45, 7) is 10.0. The van der Waals surface area contributed by atoms with E-state index in [1.807, 2.05) is 19.2 Å². The van der Waals surface area contributed by atoms with E-state index in [2.05, 4.69) is 52.8 Å². The fraction of sp³-hybridized carbons (Fsp3) is 0.607. The van der Waals surface area contributed by atoms with Crippen LogP contribution in [0.1, 0.15) is 118 Å². The molecule has 0 saturated heterocycles. The highest BCUT2D eigenvalue weighted by Gasteiger charge is 2.37. The quantitative estimate of drug-likeness (QED) is 0.0165. The molecule has 11 atom stereocenters. The second-order valence-corrected chi connectivity index (χ2v) is 22.5. The van der Waals surface area contributed by atoms with Crippen molar-refractivity contribution in [1.82, 2.24) is 53.2 Å². The van der Waals surface area contributed by atoms with E-state index in [1.54, 1.807) is 58.0 Å². The molecular formula is C56H88N14O21. The van der Waals surface area contributed by atoms with E-state index in [1.165, 1.54) is 6.92 Å². The lowest BCUT2D eigenvalue weighted by Gasteiger charge is -2.28. The van der Waals surface area contributed by atoms with Gasteiger partial charge < -0.3 is 101 Å². The second-order valence-electron chi connectivity index (χ2n) is 22.5. The number of amides is 10. The van der Waals surface area contributed by atoms with E-state index in [0.29, 0.717) is 5.56 Å². The summed E-state index contributed by atoms with van der Waals surface area (Å²) in [7, 11) is 0. The third kappa shape index (κ3) is 31.5. The minimum atomic E-state index is -2.09. The second kappa shape index (κ2) is 40.2. The molecule has 0 saturated carbocycles. The molecule has 10 amide bonds. The van der Waals surface area contributed by atoms with E-state index in [9.17, 15) is 97.5 Å². The Morgan fingerprint density at radius 2 is 0.846 bits per heavy atom. The average molecular weight is 1290 g/mol. The number of nitrogens with one attached hydrogen (secondary N) is 10. The maximum Gasteiger partial charge on any atom is 0.326 e. The first-order chi connectivity index (χ1) is 42.4. The number of aliphatic hydroxyl groups is 1. The number of nitrogens with zero attached hydrogens (tertiary/aromatic N) is 1. The highest BCUT2D eigenvalue weighted by molar-refractivity contribution is 6.00. The van der Waals surface area contributed by atoms with Crippen molar-refractivity contribution in [3.05, 3.63) is 35.9 Å². The Morgan fingerprint density at radius 1 is 0.440 bits per heavy atom. The number of benzene rings is 1. The van der Waals surface area contributed by atoms with Crippen LogP contribution in [0.4, 0.5) is 0 Å². The van der Waals surface area contributed by atoms with Gasteiger partial charge in [0, 0.05) is 25.8 Å². The summed E-state index contributed by atoms with van der Waals surface area (Å²) in [5.41, 5.74) is 17.4. The molecule has 0 fully saturated rings. The van der Waals surface area contributed by atoms with Gasteiger partial charge >= 0.3 is 29.8 Å². The van der Waals surface area contributed by atoms with Crippen LogP contribution in [0.15, 0.2) is 35.3 Å². The lowest BCUT2D eigenvalue weighted by Crippen LogP contribution is -2.61. The Kier molecular flexibility index (Phi) is 35.1. The zero-order valence-electron chi connectivity index (χ0n) is 51.6. The highest BCUT2D eigenvalue weighted by Crippen LogP contribution is 2.13. The molecule has 0 aliphatic rings. The molecule has 35 nitrogen and oxygen atoms in total. The number of carbonyl (C=O) groups excluding carboxylic acids is 10. The van der Waals surface area contributed by atoms with Gasteiger partial charge in [-0.15, -0.1) is 0 Å². The van der Waals surface area contributed by atoms with Gasteiger partial charge in [0.05, 0.1) is 25.5 Å². The fourth-order valence-corrected chi connectivity index (χ4v) is 8.54. The molecule has 508 valence electrons. The van der Waals surface area contributed by atoms with E-state index < -0.39 is 200 Å². The van der Waals surface area contributed by atoms with Gasteiger partial charge in [-0.25, -0.2) is 4.79 Å². The van der Waals surface area contributed by atoms with E-state index in [0.717, 1.165) is 0 Å². The SMILES string of the molecule is CC(C)C[C@H](NC(=O)[C@H](C)NC(=O)[C@H](CO)NC(=O)[C@H](Cc1ccccc1)NC(=O)[C@@H](NC(=O)[C@H](CCC(=O)O)NC(=O)[C@@H](N)CC(C)C)C(C)C)C(=O)N[C@@H](CCCN=C(N)N)C(=O)N[C@@H](CC(=O)O)C(=O)N[C@@H](CCC(=O)O)C(=O)N[C@@H](CC(=O)O)C(=O)O. The Bertz CT molecular complexity index is 2750. The number of hydrogen-bond donors (Lipinski definition) is 19. The first-order valence-corrected chi connectivity index (χ1v) is 29.1. The van der Waals surface area contributed by atoms with Crippen molar-refractivity contribution in [3.8, 4) is 0 Å². The number of aliphatic carboxylic acids is 5. The van der Waals surface area contributed by atoms with E-state index >= 15 is 0 Å². The first kappa shape index (κ1) is 79.5. The molecule has 0 heterocycles. The van der Waals surface area contributed by atoms with Crippen molar-refractivity contribution in [2.24, 2.45) is 39.9 Å². The highest BCUT2D eigenvalue weighted by atomic mass is 16.4. The molecule has 0 aromatic heterocycles. The summed E-state index contributed by atoms with van der Waals surface area (Å²) in [5, 5.41) is 80.5. The zero-order valence-corrected chi connectivity index (χ0v) is 51.6. The topological polar surface area (TPSA) is 588 Å². The van der Waals surface area contributed by atoms with Gasteiger partial charge in [0.2, 0.25) is 59.1 Å². The van der Waals surface area contributed by atoms with Crippen LogP contribution in [0, 0.1) is 17.8 Å². The van der Waals surface area contributed by atoms with E-state index in [-0.39, 0.29) is 62.9 Å². The van der Waals surface area contributed by atoms with Gasteiger partial charge in [-0.05, 0) is 68.8 Å². The van der Waals surface area contributed by atoms with Crippen molar-refractivity contribution in [3.63, 3.8) is 0 Å². The van der Waals surface area contributed by atoms with Crippen molar-refractivity contribution < 1.29 is 103 Å². The molecule has 0 radical (unpaired) electrons. The molecule has 1 rings (SSSR count). The lowest BCUT2D eigenvalue weighted by atomic mass is 9.99. The number of aliphatic imine (C=N–C) groups is 1. The molecule has 0 aliphatic heterocycles. The Hall–Kier alpha value is -9.54. The molecular weight excluding hydrogens is 1200 g/mol. The van der Waals surface area contributed by atoms with Gasteiger partial charge in [-0.1, -0.05) is 71.9 Å². The van der Waals surface area contributed by atoms with Crippen LogP contribution in [0.25, 0.3) is 0 Å². The fourth-order valence-electron chi connectivity index (χ4n) is 8.54. The largest absolute Gasteiger partial charge is 0.481 e. The third-order valence-corrected chi connectivity index (χ3v) is 13.3. The first-order valence-electron chi connectivity index (χ1n) is 29.1. The van der Waals surface area contributed by atoms with Gasteiger partial charge in [-0.3, -0.25) is 72.1 Å². The number of rotatable bonds is 43. The van der Waals surface area contributed by atoms with Crippen LogP contribution in [0.2, 0.25) is 0 Å². The molecule has 1 aromatic carbocycles. The summed E-state index contributed by atoms with van der Waals surface area (Å²) in [5.74, 6) is -20.2. The summed E-state index contributed by atoms with van der Waals surface area (Å²) < 4.78 is 0. The molecule has 0 bridgehead atoms. The summed E-state index contributed by atoms with van der Waals surface area (Å²) in [6.07, 6.45) is -5.34. The molecule has 35 heteroatoms. The predicted octanol–water partition coefficient (Wildman–Crippen LogP) is -5.02. The van der Waals surface area contributed by atoms with Crippen LogP contribution in [-0.4, -0.2) is 205 Å². The molecule has 0 spiro atoms. The van der Waals surface area contributed by atoms with Gasteiger partial charge in [0.25, 0.3) is 0 Å². The van der Waals surface area contributed by atoms with Crippen LogP contribution < -0.4 is 70.4 Å². The maximum absolute atomic E-state index is 14.1. The average Bonchev–Trinajstić information content (AvgIpc) is 1.90. The summed E-state index contributed by atoms with van der Waals surface area (Å²) >= 11 is 0. The van der Waals surface area contributed by atoms with E-state index in [4.69, 9.17) is 22.3 Å². The number of nitrogens with two attached hydrogens (primary N) is 3. The summed E-state index contributed by atoms with van der Waals surface area (Å²) in [4.78, 5) is 199. The standard InChI is InChI=1S/C56H88N14O21/c1-26(2)20-31(57)46(81)62-34(16-18-41(74)75)49(84)70-44(28(5)6)54(89)67-36(22-30-12-9-8-10-13-30)51(86)69-39(25-71)53(88)61-29(7)45(80)65-35(21-27(3)4)50(85)63-32(14-11-19-60-56(58)59)47(82)66-37(23-42(76)77)52(87)64-33(15-17-40(72)73)48(83)68-38(55(90)91)24-43(78)79/h8-10,12-13,26-29,31-39,44,71H,11,14-25,57H2,1-7H3,(H,61,88)(H,62,81)(H,63,85)(H,64,87)(H,65,80)(H,66,82)(H,67,89)(H,68,83)(H,69,86)(H,70,84)(H,72,73)(H,74,75)(H,76,77)(H,78,79)(H,90,91)(H4,58,59,60)/t29-,31-,32-,33-,34-,35-,36-,37-,38-,39-,44-/m0/s1. The van der Waals surface area contributed by atoms with Crippen LogP contribution in [-0.2, 0) is 78.3 Å². The predicted molar refractivity (Wildman–Crippen MR) is 320 cm³/mol. The zero-order chi connectivity index (χ0) is 69.4. The lowest BCUT2D eigenvalue weighted by molar-refractivity contribution is -0.147. The number of hydrogen-bond acceptors (Lipinski definition) is 18. The van der Waals surface area contributed by atoms with Crippen molar-refractivity contribution in [2.75, 3.05) is 13.2 Å². The minimum absolute atomic E-state index is 0.00537. The Labute approximate surface area is 523 Å².